The molecule has 2 amide bonds. The number of anilines is 1. The molecule has 2 aliphatic rings. The van der Waals surface area contributed by atoms with Gasteiger partial charge < -0.3 is 20.1 Å². The largest absolute Gasteiger partial charge is 0.488 e. The number of aromatic nitrogens is 3. The van der Waals surface area contributed by atoms with E-state index >= 15 is 0 Å². The highest BCUT2D eigenvalue weighted by atomic mass is 19.1. The molecule has 0 saturated heterocycles. The number of nitrogens with one attached hydrogen (secondary N) is 1. The van der Waals surface area contributed by atoms with Crippen molar-refractivity contribution in [1.29, 1.82) is 0 Å². The SMILES string of the molecule is CC(C)(O)C(F)CN1Cc2cc(NC(=O)c3cnn4cccnc34)c(OC3CC(F)C3)cc2C1=O. The van der Waals surface area contributed by atoms with E-state index in [4.69, 9.17) is 4.74 Å². The van der Waals surface area contributed by atoms with E-state index in [9.17, 15) is 23.5 Å². The fraction of sp³-hybridized carbons (Fsp3) is 0.417. The summed E-state index contributed by atoms with van der Waals surface area (Å²) in [6, 6.07) is 4.81. The normalized spacial score (nSPS) is 20.5. The Kier molecular flexibility index (Phi) is 5.66. The molecular formula is C24H25F2N5O4. The summed E-state index contributed by atoms with van der Waals surface area (Å²) in [6.45, 7) is 2.52. The van der Waals surface area contributed by atoms with Crippen LogP contribution in [0.1, 0.15) is 53.0 Å². The zero-order valence-electron chi connectivity index (χ0n) is 19.2. The second-order valence-corrected chi connectivity index (χ2v) is 9.52. The van der Waals surface area contributed by atoms with E-state index in [1.165, 1.54) is 35.5 Å². The third-order valence-corrected chi connectivity index (χ3v) is 6.33. The maximum absolute atomic E-state index is 14.5. The van der Waals surface area contributed by atoms with Gasteiger partial charge >= 0.3 is 0 Å². The first kappa shape index (κ1) is 23.2. The molecule has 1 unspecified atom stereocenters. The lowest BCUT2D eigenvalue weighted by Gasteiger charge is -2.31. The number of carbonyl (C=O) groups excluding carboxylic acids is 2. The lowest BCUT2D eigenvalue weighted by molar-refractivity contribution is -0.0159. The number of benzene rings is 1. The Hall–Kier alpha value is -3.60. The van der Waals surface area contributed by atoms with Crippen molar-refractivity contribution >= 4 is 23.1 Å². The van der Waals surface area contributed by atoms with E-state index < -0.39 is 29.8 Å². The summed E-state index contributed by atoms with van der Waals surface area (Å²) in [4.78, 5) is 31.5. The third-order valence-electron chi connectivity index (χ3n) is 6.33. The van der Waals surface area contributed by atoms with Crippen molar-refractivity contribution in [3.05, 3.63) is 53.5 Å². The van der Waals surface area contributed by atoms with Crippen molar-refractivity contribution < 1.29 is 28.2 Å². The van der Waals surface area contributed by atoms with Crippen LogP contribution in [0, 0.1) is 0 Å². The number of amides is 2. The number of hydrogen-bond donors (Lipinski definition) is 2. The maximum Gasteiger partial charge on any atom is 0.261 e. The molecule has 11 heteroatoms. The molecule has 3 heterocycles. The topological polar surface area (TPSA) is 109 Å². The van der Waals surface area contributed by atoms with Gasteiger partial charge in [-0.2, -0.15) is 5.10 Å². The lowest BCUT2D eigenvalue weighted by Crippen LogP contribution is -2.42. The molecule has 0 spiro atoms. The van der Waals surface area contributed by atoms with Gasteiger partial charge in [0.1, 0.15) is 29.8 Å². The molecule has 3 aromatic rings. The van der Waals surface area contributed by atoms with Gasteiger partial charge in [-0.05, 0) is 37.6 Å². The van der Waals surface area contributed by atoms with E-state index in [2.05, 4.69) is 15.4 Å². The minimum absolute atomic E-state index is 0.113. The fourth-order valence-corrected chi connectivity index (χ4v) is 4.12. The second kappa shape index (κ2) is 8.56. The molecule has 2 aromatic heterocycles. The Bertz CT molecular complexity index is 1300. The molecule has 1 saturated carbocycles. The molecule has 0 bridgehead atoms. The number of ether oxygens (including phenoxy) is 1. The van der Waals surface area contributed by atoms with Crippen LogP contribution in [-0.2, 0) is 6.54 Å². The number of aliphatic hydroxyl groups is 1. The van der Waals surface area contributed by atoms with Gasteiger partial charge in [-0.25, -0.2) is 18.3 Å². The van der Waals surface area contributed by atoms with Crippen molar-refractivity contribution in [1.82, 2.24) is 19.5 Å². The molecule has 1 fully saturated rings. The van der Waals surface area contributed by atoms with Gasteiger partial charge in [0.25, 0.3) is 11.8 Å². The summed E-state index contributed by atoms with van der Waals surface area (Å²) >= 11 is 0. The zero-order chi connectivity index (χ0) is 24.9. The molecule has 2 N–H and O–H groups in total. The minimum atomic E-state index is -1.64. The van der Waals surface area contributed by atoms with Crippen LogP contribution in [0.25, 0.3) is 5.65 Å². The number of carbonyl (C=O) groups is 2. The molecule has 1 aliphatic carbocycles. The number of fused-ring (bicyclic) bond motifs is 2. The van der Waals surface area contributed by atoms with Crippen LogP contribution in [0.5, 0.6) is 5.75 Å². The van der Waals surface area contributed by atoms with Gasteiger partial charge in [-0.3, -0.25) is 9.59 Å². The monoisotopic (exact) mass is 485 g/mol. The van der Waals surface area contributed by atoms with E-state index in [1.54, 1.807) is 24.5 Å². The Morgan fingerprint density at radius 1 is 1.37 bits per heavy atom. The number of hydrogen-bond acceptors (Lipinski definition) is 6. The van der Waals surface area contributed by atoms with Crippen molar-refractivity contribution in [2.75, 3.05) is 11.9 Å². The molecular weight excluding hydrogens is 460 g/mol. The van der Waals surface area contributed by atoms with E-state index in [0.717, 1.165) is 0 Å². The van der Waals surface area contributed by atoms with Gasteiger partial charge in [0.15, 0.2) is 5.65 Å². The summed E-state index contributed by atoms with van der Waals surface area (Å²) in [7, 11) is 0. The molecule has 184 valence electrons. The summed E-state index contributed by atoms with van der Waals surface area (Å²) in [5.74, 6) is -0.654. The molecule has 1 atom stereocenters. The average Bonchev–Trinajstić information content (AvgIpc) is 3.34. The predicted molar refractivity (Wildman–Crippen MR) is 122 cm³/mol. The molecule has 9 nitrogen and oxygen atoms in total. The molecule has 35 heavy (non-hydrogen) atoms. The van der Waals surface area contributed by atoms with Crippen molar-refractivity contribution in [3.63, 3.8) is 0 Å². The number of halogens is 2. The van der Waals surface area contributed by atoms with Crippen LogP contribution in [-0.4, -0.2) is 67.0 Å². The summed E-state index contributed by atoms with van der Waals surface area (Å²) in [5.41, 5.74) is 0.214. The van der Waals surface area contributed by atoms with Crippen molar-refractivity contribution in [3.8, 4) is 5.75 Å². The van der Waals surface area contributed by atoms with Crippen LogP contribution in [0.4, 0.5) is 14.5 Å². The lowest BCUT2D eigenvalue weighted by atomic mass is 9.93. The van der Waals surface area contributed by atoms with Gasteiger partial charge in [0, 0.05) is 37.3 Å². The van der Waals surface area contributed by atoms with Crippen LogP contribution < -0.4 is 10.1 Å². The Balaban J connectivity index is 1.44. The molecule has 1 aromatic carbocycles. The Morgan fingerprint density at radius 2 is 2.14 bits per heavy atom. The summed E-state index contributed by atoms with van der Waals surface area (Å²) < 4.78 is 35.2. The number of alkyl halides is 2. The van der Waals surface area contributed by atoms with E-state index in [1.807, 2.05) is 0 Å². The zero-order valence-corrected chi connectivity index (χ0v) is 19.2. The first-order valence-corrected chi connectivity index (χ1v) is 11.3. The highest BCUT2D eigenvalue weighted by molar-refractivity contribution is 6.09. The Morgan fingerprint density at radius 3 is 2.86 bits per heavy atom. The fourth-order valence-electron chi connectivity index (χ4n) is 4.12. The number of nitrogens with zero attached hydrogens (tertiary/aromatic N) is 4. The number of rotatable bonds is 7. The first-order valence-electron chi connectivity index (χ1n) is 11.3. The van der Waals surface area contributed by atoms with Crippen molar-refractivity contribution in [2.24, 2.45) is 0 Å². The van der Waals surface area contributed by atoms with Crippen LogP contribution in [0.2, 0.25) is 0 Å². The first-order chi connectivity index (χ1) is 16.6. The smallest absolute Gasteiger partial charge is 0.261 e. The van der Waals surface area contributed by atoms with Gasteiger partial charge in [-0.15, -0.1) is 0 Å². The van der Waals surface area contributed by atoms with Gasteiger partial charge in [-0.1, -0.05) is 0 Å². The van der Waals surface area contributed by atoms with Crippen LogP contribution >= 0.6 is 0 Å². The molecule has 5 rings (SSSR count). The quantitative estimate of drug-likeness (QED) is 0.533. The van der Waals surface area contributed by atoms with Crippen molar-refractivity contribution in [2.45, 2.75) is 57.3 Å². The standard InChI is InChI=1S/C24H25F2N5O4/c1-24(2,34)20(26)12-30-11-13-6-18(19(9-16(13)23(30)33)35-15-7-14(25)8-15)29-22(32)17-10-28-31-5-3-4-27-21(17)31/h3-6,9-10,14-15,20,34H,7-8,11-12H2,1-2H3,(H,29,32). The van der Waals surface area contributed by atoms with E-state index in [-0.39, 0.29) is 43.3 Å². The summed E-state index contributed by atoms with van der Waals surface area (Å²) in [6.07, 6.45) is 2.08. The van der Waals surface area contributed by atoms with Crippen LogP contribution in [0.3, 0.4) is 0 Å². The predicted octanol–water partition coefficient (Wildman–Crippen LogP) is 2.93. The van der Waals surface area contributed by atoms with E-state index in [0.29, 0.717) is 22.5 Å². The molecule has 1 aliphatic heterocycles. The van der Waals surface area contributed by atoms with Crippen LogP contribution in [0.15, 0.2) is 36.8 Å². The van der Waals surface area contributed by atoms with Gasteiger partial charge in [0.2, 0.25) is 0 Å². The van der Waals surface area contributed by atoms with Gasteiger partial charge in [0.05, 0.1) is 24.0 Å². The molecule has 0 radical (unpaired) electrons. The highest BCUT2D eigenvalue weighted by Crippen LogP contribution is 2.38. The maximum atomic E-state index is 14.5. The highest BCUT2D eigenvalue weighted by Gasteiger charge is 2.36. The average molecular weight is 485 g/mol. The second-order valence-electron chi connectivity index (χ2n) is 9.52. The Labute approximate surface area is 199 Å². The minimum Gasteiger partial charge on any atom is -0.488 e. The third kappa shape index (κ3) is 4.43. The summed E-state index contributed by atoms with van der Waals surface area (Å²) in [5, 5.41) is 16.9.